The summed E-state index contributed by atoms with van der Waals surface area (Å²) < 4.78 is 0. The van der Waals surface area contributed by atoms with Gasteiger partial charge in [0.2, 0.25) is 11.6 Å². The summed E-state index contributed by atoms with van der Waals surface area (Å²) in [6.45, 7) is 2.66. The molecule has 7 nitrogen and oxygen atoms in total. The van der Waals surface area contributed by atoms with Gasteiger partial charge in [-0.1, -0.05) is 6.92 Å². The van der Waals surface area contributed by atoms with Gasteiger partial charge in [0.25, 0.3) is 0 Å². The summed E-state index contributed by atoms with van der Waals surface area (Å²) in [4.78, 5) is 17.7. The Morgan fingerprint density at radius 3 is 2.94 bits per heavy atom. The van der Waals surface area contributed by atoms with Crippen LogP contribution in [0.3, 0.4) is 0 Å². The van der Waals surface area contributed by atoms with Crippen LogP contribution in [0.2, 0.25) is 0 Å². The first-order chi connectivity index (χ1) is 8.06. The molecule has 1 aromatic rings. The van der Waals surface area contributed by atoms with Gasteiger partial charge < -0.3 is 11.1 Å². The highest BCUT2D eigenvalue weighted by molar-refractivity contribution is 7.98. The summed E-state index contributed by atoms with van der Waals surface area (Å²) in [5.41, 5.74) is 5.19. The van der Waals surface area contributed by atoms with E-state index in [4.69, 9.17) is 5.73 Å². The number of thioether (sulfide) groups is 1. The van der Waals surface area contributed by atoms with Gasteiger partial charge in [-0.25, -0.2) is 9.97 Å². The fourth-order valence-corrected chi connectivity index (χ4v) is 2.00. The fourth-order valence-electron chi connectivity index (χ4n) is 1.32. The molecule has 0 bridgehead atoms. The molecular formula is C9H15N5O2S. The molecule has 0 aliphatic heterocycles. The Morgan fingerprint density at radius 1 is 1.65 bits per heavy atom. The van der Waals surface area contributed by atoms with Gasteiger partial charge in [0.05, 0.1) is 4.92 Å². The normalized spacial score (nSPS) is 12.1. The fraction of sp³-hybridized carbons (Fsp3) is 0.556. The molecule has 3 N–H and O–H groups in total. The molecule has 0 aliphatic carbocycles. The van der Waals surface area contributed by atoms with Crippen molar-refractivity contribution in [1.29, 1.82) is 0 Å². The molecule has 0 radical (unpaired) electrons. The number of nitrogens with one attached hydrogen (secondary N) is 1. The lowest BCUT2D eigenvalue weighted by atomic mass is 10.2. The number of rotatable bonds is 6. The molecule has 1 heterocycles. The van der Waals surface area contributed by atoms with E-state index in [0.29, 0.717) is 12.5 Å². The van der Waals surface area contributed by atoms with Crippen LogP contribution < -0.4 is 11.1 Å². The van der Waals surface area contributed by atoms with E-state index in [-0.39, 0.29) is 17.3 Å². The third-order valence-corrected chi connectivity index (χ3v) is 3.00. The van der Waals surface area contributed by atoms with Crippen LogP contribution in [0.4, 0.5) is 17.3 Å². The van der Waals surface area contributed by atoms with Crippen molar-refractivity contribution in [3.63, 3.8) is 0 Å². The highest BCUT2D eigenvalue weighted by Gasteiger charge is 2.20. The maximum atomic E-state index is 10.8. The largest absolute Gasteiger partial charge is 0.378 e. The van der Waals surface area contributed by atoms with Gasteiger partial charge in [-0.05, 0) is 17.9 Å². The second kappa shape index (κ2) is 6.24. The van der Waals surface area contributed by atoms with Gasteiger partial charge in [0.1, 0.15) is 6.33 Å². The van der Waals surface area contributed by atoms with Crippen LogP contribution in [-0.2, 0) is 0 Å². The van der Waals surface area contributed by atoms with E-state index in [1.54, 1.807) is 11.8 Å². The zero-order valence-electron chi connectivity index (χ0n) is 9.71. The van der Waals surface area contributed by atoms with Crippen LogP contribution in [-0.4, -0.2) is 33.4 Å². The predicted octanol–water partition coefficient (Wildman–Crippen LogP) is 1.38. The van der Waals surface area contributed by atoms with Crippen molar-refractivity contribution in [1.82, 2.24) is 9.97 Å². The van der Waals surface area contributed by atoms with Crippen molar-refractivity contribution in [3.8, 4) is 0 Å². The molecule has 0 aliphatic rings. The molecule has 0 amide bonds. The maximum Gasteiger partial charge on any atom is 0.352 e. The summed E-state index contributed by atoms with van der Waals surface area (Å²) in [6, 6.07) is 0. The van der Waals surface area contributed by atoms with E-state index in [0.717, 1.165) is 5.75 Å². The second-order valence-electron chi connectivity index (χ2n) is 3.65. The molecule has 0 spiro atoms. The lowest BCUT2D eigenvalue weighted by molar-refractivity contribution is -0.383. The molecule has 94 valence electrons. The van der Waals surface area contributed by atoms with Crippen molar-refractivity contribution < 1.29 is 4.92 Å². The minimum atomic E-state index is -0.573. The molecule has 0 fully saturated rings. The van der Waals surface area contributed by atoms with Gasteiger partial charge in [0, 0.05) is 6.54 Å². The molecular weight excluding hydrogens is 242 g/mol. The third-order valence-electron chi connectivity index (χ3n) is 2.10. The maximum absolute atomic E-state index is 10.8. The minimum absolute atomic E-state index is 0.120. The highest BCUT2D eigenvalue weighted by Crippen LogP contribution is 2.26. The Kier molecular flexibility index (Phi) is 4.95. The SMILES string of the molecule is CSCC(C)CNc1ncnc(N)c1[N+](=O)[O-]. The van der Waals surface area contributed by atoms with Crippen LogP contribution in [0, 0.1) is 16.0 Å². The van der Waals surface area contributed by atoms with Crippen molar-refractivity contribution in [2.75, 3.05) is 29.6 Å². The third kappa shape index (κ3) is 3.74. The van der Waals surface area contributed by atoms with Crippen molar-refractivity contribution in [2.45, 2.75) is 6.92 Å². The topological polar surface area (TPSA) is 107 Å². The number of nitrogens with two attached hydrogens (primary N) is 1. The van der Waals surface area contributed by atoms with Crippen molar-refractivity contribution in [2.24, 2.45) is 5.92 Å². The van der Waals surface area contributed by atoms with Crippen LogP contribution >= 0.6 is 11.8 Å². The molecule has 1 aromatic heterocycles. The monoisotopic (exact) mass is 257 g/mol. The van der Waals surface area contributed by atoms with E-state index in [9.17, 15) is 10.1 Å². The number of anilines is 2. The molecule has 0 aromatic carbocycles. The number of hydrogen-bond acceptors (Lipinski definition) is 7. The lowest BCUT2D eigenvalue weighted by Gasteiger charge is -2.11. The van der Waals surface area contributed by atoms with E-state index in [1.807, 2.05) is 6.26 Å². The second-order valence-corrected chi connectivity index (χ2v) is 4.57. The van der Waals surface area contributed by atoms with Crippen LogP contribution in [0.25, 0.3) is 0 Å². The Bertz CT molecular complexity index is 401. The lowest BCUT2D eigenvalue weighted by Crippen LogP contribution is -2.15. The first-order valence-corrected chi connectivity index (χ1v) is 6.43. The van der Waals surface area contributed by atoms with E-state index < -0.39 is 4.92 Å². The summed E-state index contributed by atoms with van der Waals surface area (Å²) >= 11 is 1.73. The van der Waals surface area contributed by atoms with E-state index in [2.05, 4.69) is 22.2 Å². The first kappa shape index (κ1) is 13.5. The van der Waals surface area contributed by atoms with Crippen LogP contribution in [0.15, 0.2) is 6.33 Å². The number of nitro groups is 1. The minimum Gasteiger partial charge on any atom is -0.378 e. The zero-order chi connectivity index (χ0) is 12.8. The molecule has 1 unspecified atom stereocenters. The Hall–Kier alpha value is -1.57. The van der Waals surface area contributed by atoms with Gasteiger partial charge >= 0.3 is 5.69 Å². The Balaban J connectivity index is 2.77. The van der Waals surface area contributed by atoms with Gasteiger partial charge in [-0.15, -0.1) is 0 Å². The number of aromatic nitrogens is 2. The average molecular weight is 257 g/mol. The van der Waals surface area contributed by atoms with Gasteiger partial charge in [0.15, 0.2) is 0 Å². The molecule has 0 saturated carbocycles. The summed E-state index contributed by atoms with van der Waals surface area (Å²) in [6.07, 6.45) is 3.23. The van der Waals surface area contributed by atoms with E-state index in [1.165, 1.54) is 6.33 Å². The molecule has 0 saturated heterocycles. The van der Waals surface area contributed by atoms with Gasteiger partial charge in [-0.2, -0.15) is 11.8 Å². The molecule has 1 rings (SSSR count). The van der Waals surface area contributed by atoms with Crippen molar-refractivity contribution >= 4 is 29.1 Å². The first-order valence-electron chi connectivity index (χ1n) is 5.04. The number of hydrogen-bond donors (Lipinski definition) is 2. The standard InChI is InChI=1S/C9H15N5O2S/c1-6(4-17-2)3-11-9-7(14(15)16)8(10)12-5-13-9/h5-6H,3-4H2,1-2H3,(H3,10,11,12,13). The molecule has 1 atom stereocenters. The van der Waals surface area contributed by atoms with Crippen molar-refractivity contribution in [3.05, 3.63) is 16.4 Å². The smallest absolute Gasteiger partial charge is 0.352 e. The average Bonchev–Trinajstić information content (AvgIpc) is 2.26. The Morgan fingerprint density at radius 2 is 2.35 bits per heavy atom. The number of nitrogens with zero attached hydrogens (tertiary/aromatic N) is 3. The van der Waals surface area contributed by atoms with Crippen LogP contribution in [0.1, 0.15) is 6.92 Å². The zero-order valence-corrected chi connectivity index (χ0v) is 10.5. The number of nitrogen functional groups attached to an aromatic ring is 1. The van der Waals surface area contributed by atoms with Crippen LogP contribution in [0.5, 0.6) is 0 Å². The highest BCUT2D eigenvalue weighted by atomic mass is 32.2. The quantitative estimate of drug-likeness (QED) is 0.585. The predicted molar refractivity (Wildman–Crippen MR) is 69.1 cm³/mol. The van der Waals surface area contributed by atoms with E-state index >= 15 is 0 Å². The van der Waals surface area contributed by atoms with Gasteiger partial charge in [-0.3, -0.25) is 10.1 Å². The summed E-state index contributed by atoms with van der Waals surface area (Å²) in [5.74, 6) is 1.42. The summed E-state index contributed by atoms with van der Waals surface area (Å²) in [5, 5.41) is 13.7. The Labute approximate surface area is 103 Å². The molecule has 8 heteroatoms. The summed E-state index contributed by atoms with van der Waals surface area (Å²) in [7, 11) is 0. The molecule has 17 heavy (non-hydrogen) atoms.